The lowest BCUT2D eigenvalue weighted by Crippen LogP contribution is -2.10. The average Bonchev–Trinajstić information content (AvgIpc) is 2.46. The van der Waals surface area contributed by atoms with E-state index < -0.39 is 0 Å². The molecular weight excluding hydrogens is 284 g/mol. The molecule has 0 amide bonds. The molecule has 0 aliphatic heterocycles. The molecule has 0 heterocycles. The molecule has 0 aliphatic rings. The normalized spacial score (nSPS) is 15.2. The monoisotopic (exact) mass is 322 g/mol. The molecule has 2 heteroatoms. The molecule has 23 heavy (non-hydrogen) atoms. The highest BCUT2D eigenvalue weighted by molar-refractivity contribution is 5.83. The Balaban J connectivity index is 4.53. The van der Waals surface area contributed by atoms with Gasteiger partial charge in [0.05, 0.1) is 6.61 Å². The van der Waals surface area contributed by atoms with E-state index in [0.717, 1.165) is 12.0 Å². The predicted molar refractivity (Wildman–Crippen MR) is 100 cm³/mol. The molecule has 0 spiro atoms. The van der Waals surface area contributed by atoms with E-state index >= 15 is 0 Å². The summed E-state index contributed by atoms with van der Waals surface area (Å²) in [5.74, 6) is 0.444. The number of rotatable bonds is 10. The van der Waals surface area contributed by atoms with E-state index in [-0.39, 0.29) is 5.97 Å². The van der Waals surface area contributed by atoms with Crippen LogP contribution in [-0.4, -0.2) is 12.6 Å². The van der Waals surface area contributed by atoms with Gasteiger partial charge < -0.3 is 4.74 Å². The highest BCUT2D eigenvalue weighted by Crippen LogP contribution is 2.29. The molecule has 0 radical (unpaired) electrons. The van der Waals surface area contributed by atoms with Crippen molar-refractivity contribution in [3.8, 4) is 0 Å². The van der Waals surface area contributed by atoms with Crippen LogP contribution < -0.4 is 0 Å². The molecule has 0 aromatic rings. The van der Waals surface area contributed by atoms with E-state index in [4.69, 9.17) is 4.74 Å². The fraction of sp³-hybridized carbons (Fsp3) is 0.762. The van der Waals surface area contributed by atoms with Gasteiger partial charge in [-0.05, 0) is 63.0 Å². The molecule has 0 rings (SSSR count). The van der Waals surface area contributed by atoms with Gasteiger partial charge in [0.2, 0.25) is 0 Å². The molecule has 0 aromatic heterocycles. The number of esters is 1. The summed E-state index contributed by atoms with van der Waals surface area (Å²) in [6, 6.07) is 0. The van der Waals surface area contributed by atoms with Crippen LogP contribution in [0.15, 0.2) is 22.8 Å². The zero-order chi connectivity index (χ0) is 18.0. The van der Waals surface area contributed by atoms with Crippen LogP contribution >= 0.6 is 0 Å². The van der Waals surface area contributed by atoms with Crippen molar-refractivity contribution in [1.29, 1.82) is 0 Å². The lowest BCUT2D eigenvalue weighted by Gasteiger charge is -2.23. The van der Waals surface area contributed by atoms with E-state index in [2.05, 4.69) is 41.5 Å². The van der Waals surface area contributed by atoms with Crippen molar-refractivity contribution < 1.29 is 9.53 Å². The van der Waals surface area contributed by atoms with E-state index in [9.17, 15) is 4.79 Å². The van der Waals surface area contributed by atoms with E-state index in [1.807, 2.05) is 13.8 Å². The highest BCUT2D eigenvalue weighted by Gasteiger charge is 2.15. The van der Waals surface area contributed by atoms with Gasteiger partial charge >= 0.3 is 5.97 Å². The van der Waals surface area contributed by atoms with Gasteiger partial charge in [0.15, 0.2) is 0 Å². The molecule has 1 unspecified atom stereocenters. The Morgan fingerprint density at radius 2 is 1.78 bits per heavy atom. The third kappa shape index (κ3) is 9.63. The Bertz CT molecular complexity index is 427. The fourth-order valence-corrected chi connectivity index (χ4v) is 2.69. The second kappa shape index (κ2) is 10.7. The molecular formula is C21H38O2. The Hall–Kier alpha value is -1.05. The zero-order valence-electron chi connectivity index (χ0n) is 16.7. The topological polar surface area (TPSA) is 26.3 Å². The minimum Gasteiger partial charge on any atom is -0.463 e. The third-order valence-electron chi connectivity index (χ3n) is 5.01. The SMILES string of the molecule is CCOC(=O)/C=C(C)/C(C)=C(\C)CC(C)CCCC(C)(C)CC. The molecule has 1 atom stereocenters. The molecule has 0 fully saturated rings. The van der Waals surface area contributed by atoms with Crippen molar-refractivity contribution >= 4 is 5.97 Å². The first-order chi connectivity index (χ1) is 10.6. The average molecular weight is 323 g/mol. The van der Waals surface area contributed by atoms with Crippen molar-refractivity contribution in [3.63, 3.8) is 0 Å². The van der Waals surface area contributed by atoms with Gasteiger partial charge in [0, 0.05) is 6.08 Å². The standard InChI is InChI=1S/C21H38O2/c1-9-21(7,8)13-11-12-16(3)14-17(4)19(6)18(5)15-20(22)23-10-2/h15-16H,9-14H2,1-8H3/b18-15+,19-17+. The first-order valence-electron chi connectivity index (χ1n) is 9.14. The van der Waals surface area contributed by atoms with Crippen molar-refractivity contribution in [2.75, 3.05) is 6.61 Å². The Morgan fingerprint density at radius 1 is 1.17 bits per heavy atom. The van der Waals surface area contributed by atoms with Crippen LogP contribution in [0.5, 0.6) is 0 Å². The molecule has 0 bridgehead atoms. The maximum Gasteiger partial charge on any atom is 0.331 e. The second-order valence-electron chi connectivity index (χ2n) is 7.70. The van der Waals surface area contributed by atoms with Crippen LogP contribution in [0.4, 0.5) is 0 Å². The van der Waals surface area contributed by atoms with Gasteiger partial charge in [-0.25, -0.2) is 4.79 Å². The van der Waals surface area contributed by atoms with Crippen molar-refractivity contribution in [2.45, 2.75) is 87.5 Å². The van der Waals surface area contributed by atoms with Crippen LogP contribution in [0, 0.1) is 11.3 Å². The maximum atomic E-state index is 11.5. The Labute approximate surface area is 144 Å². The van der Waals surface area contributed by atoms with Crippen LogP contribution in [-0.2, 0) is 9.53 Å². The summed E-state index contributed by atoms with van der Waals surface area (Å²) in [6.07, 6.45) is 7.83. The lowest BCUT2D eigenvalue weighted by atomic mass is 9.83. The first kappa shape index (κ1) is 21.9. The second-order valence-corrected chi connectivity index (χ2v) is 7.70. The molecule has 0 saturated heterocycles. The fourth-order valence-electron chi connectivity index (χ4n) is 2.69. The van der Waals surface area contributed by atoms with Gasteiger partial charge in [0.25, 0.3) is 0 Å². The number of carbonyl (C=O) groups excluding carboxylic acids is 1. The molecule has 0 N–H and O–H groups in total. The molecule has 0 saturated carbocycles. The summed E-state index contributed by atoms with van der Waals surface area (Å²) >= 11 is 0. The Kier molecular flexibility index (Phi) is 10.2. The largest absolute Gasteiger partial charge is 0.463 e. The van der Waals surface area contributed by atoms with Crippen molar-refractivity contribution in [1.82, 2.24) is 0 Å². The lowest BCUT2D eigenvalue weighted by molar-refractivity contribution is -0.137. The summed E-state index contributed by atoms with van der Waals surface area (Å²) in [7, 11) is 0. The number of allylic oxidation sites excluding steroid dienone is 3. The third-order valence-corrected chi connectivity index (χ3v) is 5.01. The summed E-state index contributed by atoms with van der Waals surface area (Å²) in [6.45, 7) is 17.9. The zero-order valence-corrected chi connectivity index (χ0v) is 16.7. The summed E-state index contributed by atoms with van der Waals surface area (Å²) in [4.78, 5) is 11.5. The van der Waals surface area contributed by atoms with Gasteiger partial charge in [-0.2, -0.15) is 0 Å². The maximum absolute atomic E-state index is 11.5. The molecule has 0 aliphatic carbocycles. The van der Waals surface area contributed by atoms with Gasteiger partial charge in [-0.3, -0.25) is 0 Å². The Morgan fingerprint density at radius 3 is 2.30 bits per heavy atom. The number of ether oxygens (including phenoxy) is 1. The molecule has 134 valence electrons. The first-order valence-corrected chi connectivity index (χ1v) is 9.14. The van der Waals surface area contributed by atoms with Crippen LogP contribution in [0.25, 0.3) is 0 Å². The summed E-state index contributed by atoms with van der Waals surface area (Å²) in [5, 5.41) is 0. The van der Waals surface area contributed by atoms with Gasteiger partial charge in [0.1, 0.15) is 0 Å². The quantitative estimate of drug-likeness (QED) is 0.262. The smallest absolute Gasteiger partial charge is 0.331 e. The van der Waals surface area contributed by atoms with Crippen LogP contribution in [0.2, 0.25) is 0 Å². The summed E-state index contributed by atoms with van der Waals surface area (Å²) < 4.78 is 4.98. The minimum atomic E-state index is -0.244. The van der Waals surface area contributed by atoms with E-state index in [0.29, 0.717) is 17.9 Å². The minimum absolute atomic E-state index is 0.244. The van der Waals surface area contributed by atoms with Gasteiger partial charge in [-0.1, -0.05) is 52.5 Å². The van der Waals surface area contributed by atoms with Crippen LogP contribution in [0.1, 0.15) is 87.5 Å². The summed E-state index contributed by atoms with van der Waals surface area (Å²) in [5.41, 5.74) is 4.09. The van der Waals surface area contributed by atoms with Crippen LogP contribution in [0.3, 0.4) is 0 Å². The molecule has 2 nitrogen and oxygen atoms in total. The predicted octanol–water partition coefficient (Wildman–Crippen LogP) is 6.46. The highest BCUT2D eigenvalue weighted by atomic mass is 16.5. The van der Waals surface area contributed by atoms with Crippen molar-refractivity contribution in [3.05, 3.63) is 22.8 Å². The molecule has 0 aromatic carbocycles. The van der Waals surface area contributed by atoms with E-state index in [1.54, 1.807) is 6.08 Å². The van der Waals surface area contributed by atoms with Crippen molar-refractivity contribution in [2.24, 2.45) is 11.3 Å². The van der Waals surface area contributed by atoms with Gasteiger partial charge in [-0.15, -0.1) is 0 Å². The number of hydrogen-bond acceptors (Lipinski definition) is 2. The van der Waals surface area contributed by atoms with E-state index in [1.165, 1.54) is 36.8 Å². The number of carbonyl (C=O) groups is 1. The number of hydrogen-bond donors (Lipinski definition) is 0.